The predicted octanol–water partition coefficient (Wildman–Crippen LogP) is 3.88. The average molecular weight is 262 g/mol. The lowest BCUT2D eigenvalue weighted by Crippen LogP contribution is -2.21. The number of halogens is 3. The fourth-order valence-electron chi connectivity index (χ4n) is 2.40. The molecule has 0 amide bonds. The number of nitriles is 1. The minimum Gasteiger partial charge on any atom is -0.411 e. The molecular formula is C12H17F3N2O. The maximum absolute atomic E-state index is 12.0. The second kappa shape index (κ2) is 6.62. The van der Waals surface area contributed by atoms with Gasteiger partial charge in [0.05, 0.1) is 11.8 Å². The summed E-state index contributed by atoms with van der Waals surface area (Å²) >= 11 is 0. The van der Waals surface area contributed by atoms with Crippen molar-refractivity contribution in [3.63, 3.8) is 0 Å². The molecule has 6 heteroatoms. The molecular weight excluding hydrogens is 245 g/mol. The van der Waals surface area contributed by atoms with E-state index in [4.69, 9.17) is 10.5 Å². The summed E-state index contributed by atoms with van der Waals surface area (Å²) in [5.74, 6) is -0.179. The topological polar surface area (TPSA) is 56.4 Å². The number of nitrogens with zero attached hydrogens (tertiary/aromatic N) is 2. The van der Waals surface area contributed by atoms with Gasteiger partial charge in [0.15, 0.2) is 0 Å². The number of rotatable bonds is 4. The van der Waals surface area contributed by atoms with E-state index in [0.29, 0.717) is 19.3 Å². The third-order valence-electron chi connectivity index (χ3n) is 3.46. The molecule has 0 spiro atoms. The molecule has 0 aliphatic heterocycles. The molecule has 3 nitrogen and oxygen atoms in total. The molecule has 0 aromatic heterocycles. The number of alkyl halides is 3. The highest BCUT2D eigenvalue weighted by Gasteiger charge is 2.29. The van der Waals surface area contributed by atoms with E-state index in [1.165, 1.54) is 0 Å². The van der Waals surface area contributed by atoms with Crippen molar-refractivity contribution < 1.29 is 18.4 Å². The summed E-state index contributed by atoms with van der Waals surface area (Å²) in [6, 6.07) is 2.12. The van der Waals surface area contributed by atoms with Crippen LogP contribution in [-0.2, 0) is 0 Å². The monoisotopic (exact) mass is 262 g/mol. The first-order valence-corrected chi connectivity index (χ1v) is 6.12. The molecule has 1 N–H and O–H groups in total. The van der Waals surface area contributed by atoms with Crippen LogP contribution in [0.25, 0.3) is 0 Å². The molecule has 0 saturated heterocycles. The highest BCUT2D eigenvalue weighted by molar-refractivity contribution is 5.84. The number of oxime groups is 1. The zero-order valence-corrected chi connectivity index (χ0v) is 10.1. The van der Waals surface area contributed by atoms with Crippen LogP contribution in [0, 0.1) is 23.2 Å². The van der Waals surface area contributed by atoms with Crippen molar-refractivity contribution in [2.75, 3.05) is 0 Å². The highest BCUT2D eigenvalue weighted by Crippen LogP contribution is 2.32. The Morgan fingerprint density at radius 1 is 1.39 bits per heavy atom. The molecule has 0 bridgehead atoms. The fraction of sp³-hybridized carbons (Fsp3) is 0.833. The van der Waals surface area contributed by atoms with E-state index in [0.717, 1.165) is 18.6 Å². The van der Waals surface area contributed by atoms with Crippen LogP contribution >= 0.6 is 0 Å². The quantitative estimate of drug-likeness (QED) is 0.617. The third kappa shape index (κ3) is 4.94. The minimum atomic E-state index is -4.14. The SMILES string of the molecule is N#CC(CCCC(F)(F)F)C1CCC(=NO)CC1. The Hall–Kier alpha value is -1.25. The molecule has 1 atom stereocenters. The van der Waals surface area contributed by atoms with Crippen LogP contribution in [0.2, 0.25) is 0 Å². The van der Waals surface area contributed by atoms with Crippen molar-refractivity contribution in [3.8, 4) is 6.07 Å². The van der Waals surface area contributed by atoms with Crippen molar-refractivity contribution in [1.82, 2.24) is 0 Å². The molecule has 0 aromatic rings. The molecule has 1 unspecified atom stereocenters. The molecule has 1 aliphatic rings. The molecule has 1 rings (SSSR count). The van der Waals surface area contributed by atoms with Crippen LogP contribution in [0.3, 0.4) is 0 Å². The van der Waals surface area contributed by atoms with E-state index in [1.807, 2.05) is 0 Å². The summed E-state index contributed by atoms with van der Waals surface area (Å²) in [4.78, 5) is 0. The zero-order valence-electron chi connectivity index (χ0n) is 10.1. The maximum atomic E-state index is 12.0. The normalized spacial score (nSPS) is 22.3. The Labute approximate surface area is 104 Å². The molecule has 18 heavy (non-hydrogen) atoms. The Bertz CT molecular complexity index is 323. The first-order chi connectivity index (χ1) is 8.46. The van der Waals surface area contributed by atoms with Gasteiger partial charge >= 0.3 is 6.18 Å². The molecule has 0 heterocycles. The van der Waals surface area contributed by atoms with Gasteiger partial charge in [-0.2, -0.15) is 18.4 Å². The maximum Gasteiger partial charge on any atom is 0.389 e. The first kappa shape index (κ1) is 14.8. The van der Waals surface area contributed by atoms with E-state index in [9.17, 15) is 13.2 Å². The van der Waals surface area contributed by atoms with Gasteiger partial charge in [0.2, 0.25) is 0 Å². The van der Waals surface area contributed by atoms with Crippen molar-refractivity contribution in [2.24, 2.45) is 17.0 Å². The largest absolute Gasteiger partial charge is 0.411 e. The van der Waals surface area contributed by atoms with E-state index in [-0.39, 0.29) is 18.3 Å². The van der Waals surface area contributed by atoms with Gasteiger partial charge < -0.3 is 5.21 Å². The van der Waals surface area contributed by atoms with Crippen molar-refractivity contribution in [3.05, 3.63) is 0 Å². The van der Waals surface area contributed by atoms with Crippen LogP contribution in [0.5, 0.6) is 0 Å². The van der Waals surface area contributed by atoms with E-state index >= 15 is 0 Å². The van der Waals surface area contributed by atoms with Crippen LogP contribution in [0.4, 0.5) is 13.2 Å². The van der Waals surface area contributed by atoms with Gasteiger partial charge in [0.25, 0.3) is 0 Å². The van der Waals surface area contributed by atoms with Gasteiger partial charge in [-0.15, -0.1) is 0 Å². The Kier molecular flexibility index (Phi) is 5.45. The van der Waals surface area contributed by atoms with Crippen LogP contribution in [-0.4, -0.2) is 17.1 Å². The summed E-state index contributed by atoms with van der Waals surface area (Å²) in [7, 11) is 0. The van der Waals surface area contributed by atoms with Gasteiger partial charge in [0, 0.05) is 12.3 Å². The van der Waals surface area contributed by atoms with Crippen molar-refractivity contribution in [2.45, 2.75) is 51.1 Å². The molecule has 102 valence electrons. The summed E-state index contributed by atoms with van der Waals surface area (Å²) in [5, 5.41) is 20.8. The predicted molar refractivity (Wildman–Crippen MR) is 60.2 cm³/mol. The fourth-order valence-corrected chi connectivity index (χ4v) is 2.40. The summed E-state index contributed by atoms with van der Waals surface area (Å²) in [5.41, 5.74) is 0.721. The smallest absolute Gasteiger partial charge is 0.389 e. The van der Waals surface area contributed by atoms with Crippen molar-refractivity contribution in [1.29, 1.82) is 5.26 Å². The Balaban J connectivity index is 2.36. The molecule has 0 radical (unpaired) electrons. The molecule has 1 aliphatic carbocycles. The minimum absolute atomic E-state index is 0.0131. The highest BCUT2D eigenvalue weighted by atomic mass is 19.4. The lowest BCUT2D eigenvalue weighted by atomic mass is 9.78. The second-order valence-corrected chi connectivity index (χ2v) is 4.75. The standard InChI is InChI=1S/C12H17F3N2O/c13-12(14,15)7-1-2-10(8-16)9-3-5-11(17-18)6-4-9/h9-10,18H,1-7H2. The van der Waals surface area contributed by atoms with Crippen LogP contribution in [0.1, 0.15) is 44.9 Å². The summed E-state index contributed by atoms with van der Waals surface area (Å²) in [6.07, 6.45) is -1.92. The number of hydrogen-bond acceptors (Lipinski definition) is 3. The second-order valence-electron chi connectivity index (χ2n) is 4.75. The zero-order chi connectivity index (χ0) is 13.6. The van der Waals surface area contributed by atoms with Gasteiger partial charge in [0.1, 0.15) is 0 Å². The van der Waals surface area contributed by atoms with E-state index < -0.39 is 12.6 Å². The number of hydrogen-bond donors (Lipinski definition) is 1. The average Bonchev–Trinajstić information content (AvgIpc) is 2.34. The van der Waals surface area contributed by atoms with E-state index in [2.05, 4.69) is 11.2 Å². The van der Waals surface area contributed by atoms with Crippen LogP contribution < -0.4 is 0 Å². The third-order valence-corrected chi connectivity index (χ3v) is 3.46. The van der Waals surface area contributed by atoms with Gasteiger partial charge in [-0.05, 0) is 44.4 Å². The lowest BCUT2D eigenvalue weighted by Gasteiger charge is -2.26. The summed E-state index contributed by atoms with van der Waals surface area (Å²) < 4.78 is 36.1. The van der Waals surface area contributed by atoms with Crippen LogP contribution in [0.15, 0.2) is 5.16 Å². The van der Waals surface area contributed by atoms with E-state index in [1.54, 1.807) is 0 Å². The molecule has 1 fully saturated rings. The Morgan fingerprint density at radius 2 is 2.00 bits per heavy atom. The van der Waals surface area contributed by atoms with Gasteiger partial charge in [-0.3, -0.25) is 0 Å². The lowest BCUT2D eigenvalue weighted by molar-refractivity contribution is -0.136. The molecule has 1 saturated carbocycles. The van der Waals surface area contributed by atoms with Gasteiger partial charge in [-0.1, -0.05) is 5.16 Å². The first-order valence-electron chi connectivity index (χ1n) is 6.12. The molecule has 0 aromatic carbocycles. The Morgan fingerprint density at radius 3 is 2.44 bits per heavy atom. The van der Waals surface area contributed by atoms with Crippen molar-refractivity contribution >= 4 is 5.71 Å². The van der Waals surface area contributed by atoms with Gasteiger partial charge in [-0.25, -0.2) is 0 Å². The summed E-state index contributed by atoms with van der Waals surface area (Å²) in [6.45, 7) is 0.